The van der Waals surface area contributed by atoms with E-state index in [9.17, 15) is 9.59 Å². The van der Waals surface area contributed by atoms with Crippen LogP contribution in [0.1, 0.15) is 44.9 Å². The van der Waals surface area contributed by atoms with Crippen LogP contribution >= 0.6 is 0 Å². The molecule has 0 aromatic carbocycles. The molecule has 1 unspecified atom stereocenters. The number of carbonyl (C=O) groups is 2. The number of rotatable bonds is 5. The lowest BCUT2D eigenvalue weighted by atomic mass is 10.0. The van der Waals surface area contributed by atoms with Gasteiger partial charge in [-0.25, -0.2) is 0 Å². The van der Waals surface area contributed by atoms with Gasteiger partial charge in [0.2, 0.25) is 11.8 Å². The number of piperidine rings is 1. The first-order chi connectivity index (χ1) is 10.1. The zero-order valence-electron chi connectivity index (χ0n) is 13.1. The Morgan fingerprint density at radius 3 is 2.67 bits per heavy atom. The monoisotopic (exact) mass is 293 g/mol. The van der Waals surface area contributed by atoms with Gasteiger partial charge in [0, 0.05) is 38.6 Å². The molecule has 21 heavy (non-hydrogen) atoms. The summed E-state index contributed by atoms with van der Waals surface area (Å²) in [6.45, 7) is 3.25. The van der Waals surface area contributed by atoms with E-state index in [1.165, 1.54) is 12.8 Å². The van der Waals surface area contributed by atoms with E-state index in [0.29, 0.717) is 31.0 Å². The molecule has 0 bridgehead atoms. The van der Waals surface area contributed by atoms with Crippen LogP contribution in [0, 0.1) is 0 Å². The lowest BCUT2D eigenvalue weighted by Gasteiger charge is -2.38. The fraction of sp³-hybridized carbons (Fsp3) is 0.875. The maximum atomic E-state index is 12.3. The highest BCUT2D eigenvalue weighted by Gasteiger charge is 2.33. The van der Waals surface area contributed by atoms with E-state index in [2.05, 4.69) is 4.90 Å². The molecule has 118 valence electrons. The van der Waals surface area contributed by atoms with Gasteiger partial charge in [-0.15, -0.1) is 0 Å². The van der Waals surface area contributed by atoms with Crippen LogP contribution in [0.3, 0.4) is 0 Å². The van der Waals surface area contributed by atoms with Gasteiger partial charge in [-0.3, -0.25) is 14.5 Å². The minimum absolute atomic E-state index is 0.247. The lowest BCUT2D eigenvalue weighted by Crippen LogP contribution is -2.50. The van der Waals surface area contributed by atoms with E-state index < -0.39 is 0 Å². The van der Waals surface area contributed by atoms with Gasteiger partial charge in [0.25, 0.3) is 0 Å². The second-order valence-electron chi connectivity index (χ2n) is 6.80. The molecule has 5 heteroatoms. The Labute approximate surface area is 127 Å². The second kappa shape index (κ2) is 6.34. The molecular formula is C16H27N3O2. The fourth-order valence-electron chi connectivity index (χ4n) is 3.58. The quantitative estimate of drug-likeness (QED) is 0.762. The molecule has 3 rings (SSSR count). The van der Waals surface area contributed by atoms with Gasteiger partial charge in [-0.1, -0.05) is 6.42 Å². The summed E-state index contributed by atoms with van der Waals surface area (Å²) < 4.78 is 0. The Hall–Kier alpha value is -1.10. The third-order valence-electron chi connectivity index (χ3n) is 5.18. The first-order valence-corrected chi connectivity index (χ1v) is 8.42. The first-order valence-electron chi connectivity index (χ1n) is 8.42. The summed E-state index contributed by atoms with van der Waals surface area (Å²) in [6, 6.07) is 0.859. The van der Waals surface area contributed by atoms with Crippen LogP contribution in [0.4, 0.5) is 0 Å². The van der Waals surface area contributed by atoms with Crippen LogP contribution in [0.15, 0.2) is 0 Å². The predicted octanol–water partition coefficient (Wildman–Crippen LogP) is 1.08. The average molecular weight is 293 g/mol. The summed E-state index contributed by atoms with van der Waals surface area (Å²) in [5.74, 6) is 0.541. The van der Waals surface area contributed by atoms with E-state index in [1.54, 1.807) is 0 Å². The zero-order valence-corrected chi connectivity index (χ0v) is 13.1. The maximum absolute atomic E-state index is 12.3. The minimum Gasteiger partial charge on any atom is -0.342 e. The molecule has 2 aliphatic heterocycles. The van der Waals surface area contributed by atoms with Crippen molar-refractivity contribution < 1.29 is 9.59 Å². The number of hydrogen-bond donors (Lipinski definition) is 0. The molecule has 3 fully saturated rings. The van der Waals surface area contributed by atoms with Gasteiger partial charge in [0.05, 0.1) is 6.54 Å². The summed E-state index contributed by atoms with van der Waals surface area (Å²) in [4.78, 5) is 30.4. The predicted molar refractivity (Wildman–Crippen MR) is 80.8 cm³/mol. The molecule has 0 N–H and O–H groups in total. The fourth-order valence-corrected chi connectivity index (χ4v) is 3.58. The molecule has 2 amide bonds. The smallest absolute Gasteiger partial charge is 0.236 e. The Kier molecular flexibility index (Phi) is 4.48. The summed E-state index contributed by atoms with van der Waals surface area (Å²) in [6.07, 6.45) is 7.53. The first kappa shape index (κ1) is 14.8. The molecule has 1 aliphatic carbocycles. The number of nitrogens with zero attached hydrogens (tertiary/aromatic N) is 3. The maximum Gasteiger partial charge on any atom is 0.236 e. The molecule has 0 aromatic rings. The number of likely N-dealkylation sites (N-methyl/N-ethyl adjacent to an activating group) is 1. The van der Waals surface area contributed by atoms with Crippen molar-refractivity contribution in [2.75, 3.05) is 33.2 Å². The Bertz CT molecular complexity index is 408. The van der Waals surface area contributed by atoms with Crippen molar-refractivity contribution in [3.63, 3.8) is 0 Å². The SMILES string of the molecule is CN(C(=O)CN1CCCCC1CN1CCCC1=O)C1CC1. The number of carbonyl (C=O) groups excluding carboxylic acids is 2. The molecule has 3 aliphatic rings. The van der Waals surface area contributed by atoms with Gasteiger partial charge in [0.15, 0.2) is 0 Å². The van der Waals surface area contributed by atoms with Crippen LogP contribution in [0.25, 0.3) is 0 Å². The van der Waals surface area contributed by atoms with E-state index >= 15 is 0 Å². The lowest BCUT2D eigenvalue weighted by molar-refractivity contribution is -0.133. The average Bonchev–Trinajstić information content (AvgIpc) is 3.25. The molecule has 0 aromatic heterocycles. The normalized spacial score (nSPS) is 27.2. The highest BCUT2D eigenvalue weighted by molar-refractivity contribution is 5.79. The van der Waals surface area contributed by atoms with Gasteiger partial charge in [0.1, 0.15) is 0 Å². The van der Waals surface area contributed by atoms with Crippen molar-refractivity contribution in [1.82, 2.24) is 14.7 Å². The third-order valence-corrected chi connectivity index (χ3v) is 5.18. The molecule has 2 saturated heterocycles. The molecule has 1 atom stereocenters. The minimum atomic E-state index is 0.247. The molecule has 2 heterocycles. The van der Waals surface area contributed by atoms with E-state index in [1.807, 2.05) is 16.8 Å². The van der Waals surface area contributed by atoms with Crippen molar-refractivity contribution in [2.45, 2.75) is 57.0 Å². The zero-order chi connectivity index (χ0) is 14.8. The highest BCUT2D eigenvalue weighted by Crippen LogP contribution is 2.26. The molecule has 1 saturated carbocycles. The number of likely N-dealkylation sites (tertiary alicyclic amines) is 2. The highest BCUT2D eigenvalue weighted by atomic mass is 16.2. The van der Waals surface area contributed by atoms with Gasteiger partial charge in [-0.2, -0.15) is 0 Å². The van der Waals surface area contributed by atoms with Crippen LogP contribution in [0.5, 0.6) is 0 Å². The van der Waals surface area contributed by atoms with Crippen molar-refractivity contribution >= 4 is 11.8 Å². The van der Waals surface area contributed by atoms with Gasteiger partial charge >= 0.3 is 0 Å². The van der Waals surface area contributed by atoms with E-state index in [0.717, 1.165) is 45.3 Å². The number of hydrogen-bond acceptors (Lipinski definition) is 3. The van der Waals surface area contributed by atoms with E-state index in [-0.39, 0.29) is 5.91 Å². The van der Waals surface area contributed by atoms with Crippen molar-refractivity contribution in [2.24, 2.45) is 0 Å². The standard InChI is InChI=1S/C16H27N3O2/c1-17(13-7-8-13)16(21)12-18-9-3-2-5-14(18)11-19-10-4-6-15(19)20/h13-14H,2-12H2,1H3. The topological polar surface area (TPSA) is 43.9 Å². The summed E-state index contributed by atoms with van der Waals surface area (Å²) in [5.41, 5.74) is 0. The van der Waals surface area contributed by atoms with Crippen molar-refractivity contribution in [3.05, 3.63) is 0 Å². The van der Waals surface area contributed by atoms with E-state index in [4.69, 9.17) is 0 Å². The van der Waals surface area contributed by atoms with Crippen LogP contribution in [-0.4, -0.2) is 71.8 Å². The molecule has 5 nitrogen and oxygen atoms in total. The Morgan fingerprint density at radius 2 is 2.00 bits per heavy atom. The van der Waals surface area contributed by atoms with Crippen LogP contribution < -0.4 is 0 Å². The van der Waals surface area contributed by atoms with Crippen molar-refractivity contribution in [3.8, 4) is 0 Å². The Morgan fingerprint density at radius 1 is 1.19 bits per heavy atom. The summed E-state index contributed by atoms with van der Waals surface area (Å²) >= 11 is 0. The third kappa shape index (κ3) is 3.57. The van der Waals surface area contributed by atoms with Crippen LogP contribution in [-0.2, 0) is 9.59 Å². The summed E-state index contributed by atoms with van der Waals surface area (Å²) in [7, 11) is 1.93. The molecule has 0 radical (unpaired) electrons. The largest absolute Gasteiger partial charge is 0.342 e. The van der Waals surface area contributed by atoms with Crippen LogP contribution in [0.2, 0.25) is 0 Å². The van der Waals surface area contributed by atoms with Crippen molar-refractivity contribution in [1.29, 1.82) is 0 Å². The number of amides is 2. The van der Waals surface area contributed by atoms with Gasteiger partial charge in [-0.05, 0) is 38.6 Å². The Balaban J connectivity index is 1.55. The molecule has 0 spiro atoms. The second-order valence-corrected chi connectivity index (χ2v) is 6.80. The summed E-state index contributed by atoms with van der Waals surface area (Å²) in [5, 5.41) is 0. The molecular weight excluding hydrogens is 266 g/mol. The van der Waals surface area contributed by atoms with Gasteiger partial charge < -0.3 is 9.80 Å².